The lowest BCUT2D eigenvalue weighted by molar-refractivity contribution is 0.239. The molecule has 0 atom stereocenters. The van der Waals surface area contributed by atoms with Crippen LogP contribution in [0.5, 0.6) is 5.75 Å². The molecule has 0 saturated heterocycles. The topological polar surface area (TPSA) is 39.4 Å². The Morgan fingerprint density at radius 2 is 1.40 bits per heavy atom. The maximum atomic E-state index is 11.9. The lowest BCUT2D eigenvalue weighted by Crippen LogP contribution is -2.11. The van der Waals surface area contributed by atoms with Crippen LogP contribution >= 0.6 is 0 Å². The fourth-order valence-corrected chi connectivity index (χ4v) is 2.60. The average molecular weight is 274 g/mol. The molecule has 0 bridgehead atoms. The SMILES string of the molecule is Cc1c(OC(C)C)c(C)c2oc(=O)c(C)c(C)c2c1C. The molecule has 0 aliphatic rings. The van der Waals surface area contributed by atoms with Crippen LogP contribution in [0.2, 0.25) is 0 Å². The van der Waals surface area contributed by atoms with Crippen LogP contribution in [-0.2, 0) is 0 Å². The van der Waals surface area contributed by atoms with Crippen LogP contribution in [0.3, 0.4) is 0 Å². The van der Waals surface area contributed by atoms with Crippen molar-refractivity contribution in [3.63, 3.8) is 0 Å². The molecular formula is C17H22O3. The Morgan fingerprint density at radius 1 is 0.850 bits per heavy atom. The molecule has 3 nitrogen and oxygen atoms in total. The summed E-state index contributed by atoms with van der Waals surface area (Å²) in [5.74, 6) is 0.830. The molecule has 0 amide bonds. The van der Waals surface area contributed by atoms with Crippen molar-refractivity contribution in [1.82, 2.24) is 0 Å². The summed E-state index contributed by atoms with van der Waals surface area (Å²) in [4.78, 5) is 11.9. The monoisotopic (exact) mass is 274 g/mol. The number of benzene rings is 1. The Hall–Kier alpha value is -1.77. The fraction of sp³-hybridized carbons (Fsp3) is 0.471. The summed E-state index contributed by atoms with van der Waals surface area (Å²) in [7, 11) is 0. The van der Waals surface area contributed by atoms with Gasteiger partial charge in [0.1, 0.15) is 11.3 Å². The largest absolute Gasteiger partial charge is 0.490 e. The van der Waals surface area contributed by atoms with Gasteiger partial charge in [-0.1, -0.05) is 0 Å². The van der Waals surface area contributed by atoms with E-state index < -0.39 is 0 Å². The minimum Gasteiger partial charge on any atom is -0.490 e. The zero-order valence-corrected chi connectivity index (χ0v) is 13.3. The van der Waals surface area contributed by atoms with Gasteiger partial charge in [-0.05, 0) is 65.2 Å². The lowest BCUT2D eigenvalue weighted by atomic mass is 9.95. The molecule has 0 unspecified atom stereocenters. The van der Waals surface area contributed by atoms with Crippen LogP contribution in [0.1, 0.15) is 41.7 Å². The molecule has 1 aromatic carbocycles. The quantitative estimate of drug-likeness (QED) is 0.773. The number of hydrogen-bond donors (Lipinski definition) is 0. The van der Waals surface area contributed by atoms with Crippen molar-refractivity contribution in [3.8, 4) is 5.75 Å². The van der Waals surface area contributed by atoms with Crippen LogP contribution in [0.15, 0.2) is 9.21 Å². The van der Waals surface area contributed by atoms with Gasteiger partial charge in [-0.15, -0.1) is 0 Å². The van der Waals surface area contributed by atoms with Crippen molar-refractivity contribution in [2.24, 2.45) is 0 Å². The summed E-state index contributed by atoms with van der Waals surface area (Å²) in [5, 5.41) is 1.04. The second-order valence-electron chi connectivity index (χ2n) is 5.71. The van der Waals surface area contributed by atoms with E-state index in [1.165, 1.54) is 0 Å². The third-order valence-electron chi connectivity index (χ3n) is 3.98. The first kappa shape index (κ1) is 14.6. The lowest BCUT2D eigenvalue weighted by Gasteiger charge is -2.19. The first-order valence-electron chi connectivity index (χ1n) is 6.96. The predicted molar refractivity (Wildman–Crippen MR) is 81.9 cm³/mol. The average Bonchev–Trinajstić information content (AvgIpc) is 2.38. The Morgan fingerprint density at radius 3 is 1.95 bits per heavy atom. The van der Waals surface area contributed by atoms with Gasteiger partial charge in [0.25, 0.3) is 0 Å². The van der Waals surface area contributed by atoms with Gasteiger partial charge in [0.05, 0.1) is 6.10 Å². The zero-order valence-electron chi connectivity index (χ0n) is 13.3. The Balaban J connectivity index is 2.97. The second kappa shape index (κ2) is 4.97. The minimum atomic E-state index is -0.267. The highest BCUT2D eigenvalue weighted by Crippen LogP contribution is 2.36. The van der Waals surface area contributed by atoms with Gasteiger partial charge in [0.15, 0.2) is 0 Å². The van der Waals surface area contributed by atoms with E-state index in [4.69, 9.17) is 9.15 Å². The molecule has 2 rings (SSSR count). The summed E-state index contributed by atoms with van der Waals surface area (Å²) in [6.07, 6.45) is 0.0857. The number of hydrogen-bond acceptors (Lipinski definition) is 3. The van der Waals surface area contributed by atoms with Crippen LogP contribution in [-0.4, -0.2) is 6.10 Å². The summed E-state index contributed by atoms with van der Waals surface area (Å²) in [6.45, 7) is 13.8. The van der Waals surface area contributed by atoms with Crippen LogP contribution in [0, 0.1) is 34.6 Å². The van der Waals surface area contributed by atoms with Crippen LogP contribution in [0.25, 0.3) is 11.0 Å². The molecule has 0 radical (unpaired) electrons. The Bertz CT molecular complexity index is 736. The number of fused-ring (bicyclic) bond motifs is 1. The Labute approximate surface area is 119 Å². The molecule has 0 spiro atoms. The summed E-state index contributed by atoms with van der Waals surface area (Å²) < 4.78 is 11.4. The maximum Gasteiger partial charge on any atom is 0.339 e. The molecule has 3 heteroatoms. The van der Waals surface area contributed by atoms with Crippen LogP contribution < -0.4 is 10.4 Å². The molecule has 0 fully saturated rings. The molecular weight excluding hydrogens is 252 g/mol. The maximum absolute atomic E-state index is 11.9. The van der Waals surface area contributed by atoms with E-state index in [1.807, 2.05) is 34.6 Å². The van der Waals surface area contributed by atoms with E-state index in [0.717, 1.165) is 33.4 Å². The van der Waals surface area contributed by atoms with Gasteiger partial charge in [-0.3, -0.25) is 0 Å². The van der Waals surface area contributed by atoms with Crippen molar-refractivity contribution in [3.05, 3.63) is 38.2 Å². The minimum absolute atomic E-state index is 0.0857. The van der Waals surface area contributed by atoms with Crippen molar-refractivity contribution < 1.29 is 9.15 Å². The highest BCUT2D eigenvalue weighted by atomic mass is 16.5. The summed E-state index contributed by atoms with van der Waals surface area (Å²) in [6, 6.07) is 0. The van der Waals surface area contributed by atoms with Crippen molar-refractivity contribution in [2.75, 3.05) is 0 Å². The first-order valence-corrected chi connectivity index (χ1v) is 6.96. The van der Waals surface area contributed by atoms with E-state index >= 15 is 0 Å². The molecule has 0 aliphatic heterocycles. The molecule has 108 valence electrons. The van der Waals surface area contributed by atoms with Gasteiger partial charge < -0.3 is 9.15 Å². The van der Waals surface area contributed by atoms with E-state index in [1.54, 1.807) is 0 Å². The van der Waals surface area contributed by atoms with Crippen molar-refractivity contribution in [1.29, 1.82) is 0 Å². The van der Waals surface area contributed by atoms with E-state index in [2.05, 4.69) is 13.8 Å². The molecule has 1 heterocycles. The third kappa shape index (κ3) is 2.11. The normalized spacial score (nSPS) is 11.4. The molecule has 0 N–H and O–H groups in total. The van der Waals surface area contributed by atoms with E-state index in [9.17, 15) is 4.79 Å². The molecule has 2 aromatic rings. The summed E-state index contributed by atoms with van der Waals surface area (Å²) in [5.41, 5.74) is 5.18. The number of aryl methyl sites for hydroxylation is 3. The zero-order chi connectivity index (χ0) is 15.2. The first-order chi connectivity index (χ1) is 9.25. The molecule has 1 aromatic heterocycles. The standard InChI is InChI=1S/C17H22O3/c1-8(2)19-15-11(5)9(3)14-10(4)12(6)17(18)20-16(14)13(15)7/h8H,1-7H3. The highest BCUT2D eigenvalue weighted by molar-refractivity contribution is 5.90. The number of rotatable bonds is 2. The van der Waals surface area contributed by atoms with Crippen molar-refractivity contribution in [2.45, 2.75) is 54.6 Å². The van der Waals surface area contributed by atoms with Gasteiger partial charge in [0.2, 0.25) is 0 Å². The summed E-state index contributed by atoms with van der Waals surface area (Å²) >= 11 is 0. The van der Waals surface area contributed by atoms with Crippen LogP contribution in [0.4, 0.5) is 0 Å². The van der Waals surface area contributed by atoms with Gasteiger partial charge >= 0.3 is 5.63 Å². The molecule has 0 saturated carbocycles. The number of ether oxygens (including phenoxy) is 1. The van der Waals surface area contributed by atoms with Gasteiger partial charge in [0, 0.05) is 16.5 Å². The van der Waals surface area contributed by atoms with Crippen molar-refractivity contribution >= 4 is 11.0 Å². The van der Waals surface area contributed by atoms with E-state index in [-0.39, 0.29) is 11.7 Å². The predicted octanol–water partition coefficient (Wildman–Crippen LogP) is 4.12. The molecule has 20 heavy (non-hydrogen) atoms. The van der Waals surface area contributed by atoms with E-state index in [0.29, 0.717) is 11.1 Å². The Kier molecular flexibility index (Phi) is 3.63. The molecule has 0 aliphatic carbocycles. The second-order valence-corrected chi connectivity index (χ2v) is 5.71. The highest BCUT2D eigenvalue weighted by Gasteiger charge is 2.19. The third-order valence-corrected chi connectivity index (χ3v) is 3.98. The smallest absolute Gasteiger partial charge is 0.339 e. The van der Waals surface area contributed by atoms with Gasteiger partial charge in [-0.25, -0.2) is 4.79 Å². The fourth-order valence-electron chi connectivity index (χ4n) is 2.60. The van der Waals surface area contributed by atoms with Gasteiger partial charge in [-0.2, -0.15) is 0 Å².